The van der Waals surface area contributed by atoms with Crippen molar-refractivity contribution in [1.82, 2.24) is 4.90 Å². The van der Waals surface area contributed by atoms with Crippen LogP contribution < -0.4 is 11.5 Å². The highest BCUT2D eigenvalue weighted by atomic mass is 32.3. The van der Waals surface area contributed by atoms with Crippen LogP contribution in [0.25, 0.3) is 10.8 Å². The van der Waals surface area contributed by atoms with Gasteiger partial charge in [-0.25, -0.2) is 0 Å². The number of aliphatic imine (C=N–C) groups is 1. The largest absolute Gasteiger partial charge is 0.394 e. The molecule has 6 N–H and O–H groups in total. The van der Waals surface area contributed by atoms with Crippen molar-refractivity contribution >= 4 is 27.1 Å². The van der Waals surface area contributed by atoms with Gasteiger partial charge in [-0.3, -0.25) is 14.1 Å². The molecule has 0 saturated carbocycles. The third kappa shape index (κ3) is 8.77. The van der Waals surface area contributed by atoms with Crippen LogP contribution in [0.4, 0.5) is 0 Å². The van der Waals surface area contributed by atoms with Crippen LogP contribution in [-0.2, 0) is 10.4 Å². The Hall–Kier alpha value is -2.20. The number of nitrogens with two attached hydrogens (primary N) is 2. The predicted octanol–water partition coefficient (Wildman–Crippen LogP) is 1.50. The normalized spacial score (nSPS) is 12.3. The maximum absolute atomic E-state index is 8.74. The summed E-state index contributed by atoms with van der Waals surface area (Å²) < 4.78 is 31.6. The second-order valence-electron chi connectivity index (χ2n) is 6.07. The number of nitrogens with zero attached hydrogens (tertiary/aromatic N) is 2. The predicted molar refractivity (Wildman–Crippen MR) is 105 cm³/mol. The Bertz CT molecular complexity index is 820. The topological polar surface area (TPSA) is 142 Å². The maximum Gasteiger partial charge on any atom is 0.394 e. The van der Waals surface area contributed by atoms with E-state index in [1.54, 1.807) is 0 Å². The molecule has 0 aliphatic carbocycles. The third-order valence-electron chi connectivity index (χ3n) is 3.68. The van der Waals surface area contributed by atoms with Crippen LogP contribution in [0.2, 0.25) is 0 Å². The zero-order valence-electron chi connectivity index (χ0n) is 14.9. The summed E-state index contributed by atoms with van der Waals surface area (Å²) in [6.45, 7) is 1.64. The van der Waals surface area contributed by atoms with Gasteiger partial charge in [-0.05, 0) is 43.4 Å². The Balaban J connectivity index is 0.000000597. The lowest BCUT2D eigenvalue weighted by molar-refractivity contribution is 0.381. The summed E-state index contributed by atoms with van der Waals surface area (Å²) >= 11 is 0. The molecule has 0 fully saturated rings. The summed E-state index contributed by atoms with van der Waals surface area (Å²) in [5.74, 6) is 0.477. The number of hydrogen-bond acceptors (Lipinski definition) is 4. The fraction of sp³-hybridized carbons (Fsp3) is 0.353. The van der Waals surface area contributed by atoms with Gasteiger partial charge in [-0.15, -0.1) is 0 Å². The van der Waals surface area contributed by atoms with Gasteiger partial charge in [0.15, 0.2) is 5.96 Å². The van der Waals surface area contributed by atoms with E-state index in [9.17, 15) is 0 Å². The van der Waals surface area contributed by atoms with E-state index in [0.29, 0.717) is 12.5 Å². The number of benzene rings is 2. The van der Waals surface area contributed by atoms with Gasteiger partial charge in [0, 0.05) is 12.5 Å². The van der Waals surface area contributed by atoms with E-state index in [2.05, 4.69) is 66.5 Å². The zero-order valence-corrected chi connectivity index (χ0v) is 15.7. The van der Waals surface area contributed by atoms with Crippen LogP contribution in [-0.4, -0.2) is 55.6 Å². The molecule has 2 rings (SSSR count). The molecule has 0 aliphatic heterocycles. The summed E-state index contributed by atoms with van der Waals surface area (Å²) in [5.41, 5.74) is 12.3. The zero-order chi connectivity index (χ0) is 19.7. The van der Waals surface area contributed by atoms with Crippen LogP contribution in [0.15, 0.2) is 47.5 Å². The molecule has 0 saturated heterocycles. The van der Waals surface area contributed by atoms with Crippen LogP contribution in [0, 0.1) is 0 Å². The highest BCUT2D eigenvalue weighted by molar-refractivity contribution is 7.79. The SMILES string of the molecule is CN(C)CCC(CN=C(N)N)c1cccc2ccccc12.O=S(=O)(O)O. The molecule has 0 amide bonds. The van der Waals surface area contributed by atoms with Crippen molar-refractivity contribution < 1.29 is 17.5 Å². The Morgan fingerprint density at radius 2 is 1.69 bits per heavy atom. The highest BCUT2D eigenvalue weighted by Gasteiger charge is 2.14. The molecule has 2 aromatic rings. The lowest BCUT2D eigenvalue weighted by Gasteiger charge is -2.20. The molecule has 144 valence electrons. The standard InChI is InChI=1S/C17H24N4.H2O4S/c1-21(2)11-10-14(12-20-17(18)19)16-9-5-7-13-6-3-4-8-15(13)16;1-5(2,3)4/h3-9,14H,10-12H2,1-2H3,(H4,18,19,20);(H2,1,2,3,4). The summed E-state index contributed by atoms with van der Waals surface area (Å²) in [5, 5.41) is 2.55. The van der Waals surface area contributed by atoms with E-state index in [-0.39, 0.29) is 5.96 Å². The van der Waals surface area contributed by atoms with Gasteiger partial charge in [0.05, 0.1) is 0 Å². The Labute approximate surface area is 154 Å². The highest BCUT2D eigenvalue weighted by Crippen LogP contribution is 2.28. The van der Waals surface area contributed by atoms with Gasteiger partial charge < -0.3 is 16.4 Å². The van der Waals surface area contributed by atoms with Gasteiger partial charge in [-0.1, -0.05) is 42.5 Å². The van der Waals surface area contributed by atoms with Gasteiger partial charge >= 0.3 is 10.4 Å². The van der Waals surface area contributed by atoms with Crippen molar-refractivity contribution in [2.45, 2.75) is 12.3 Å². The fourth-order valence-corrected chi connectivity index (χ4v) is 2.58. The second-order valence-corrected chi connectivity index (χ2v) is 6.97. The molecule has 0 aromatic heterocycles. The number of hydrogen-bond donors (Lipinski definition) is 4. The van der Waals surface area contributed by atoms with Crippen molar-refractivity contribution in [3.05, 3.63) is 48.0 Å². The average molecular weight is 382 g/mol. The van der Waals surface area contributed by atoms with Gasteiger partial charge in [0.1, 0.15) is 0 Å². The fourth-order valence-electron chi connectivity index (χ4n) is 2.58. The molecular weight excluding hydrogens is 356 g/mol. The Morgan fingerprint density at radius 3 is 2.27 bits per heavy atom. The first-order valence-electron chi connectivity index (χ1n) is 7.95. The molecular formula is C17H26N4O4S. The number of fused-ring (bicyclic) bond motifs is 1. The molecule has 0 spiro atoms. The van der Waals surface area contributed by atoms with E-state index >= 15 is 0 Å². The molecule has 0 aliphatic rings. The smallest absolute Gasteiger partial charge is 0.370 e. The van der Waals surface area contributed by atoms with E-state index in [1.165, 1.54) is 16.3 Å². The van der Waals surface area contributed by atoms with E-state index < -0.39 is 10.4 Å². The quantitative estimate of drug-likeness (QED) is 0.337. The van der Waals surface area contributed by atoms with Crippen molar-refractivity contribution in [3.8, 4) is 0 Å². The van der Waals surface area contributed by atoms with E-state index in [0.717, 1.165) is 13.0 Å². The first kappa shape index (κ1) is 21.8. The van der Waals surface area contributed by atoms with Crippen LogP contribution >= 0.6 is 0 Å². The molecule has 9 heteroatoms. The van der Waals surface area contributed by atoms with Crippen molar-refractivity contribution in [3.63, 3.8) is 0 Å². The summed E-state index contributed by atoms with van der Waals surface area (Å²) in [7, 11) is -0.499. The molecule has 8 nitrogen and oxygen atoms in total. The molecule has 26 heavy (non-hydrogen) atoms. The van der Waals surface area contributed by atoms with Gasteiger partial charge in [0.25, 0.3) is 0 Å². The third-order valence-corrected chi connectivity index (χ3v) is 3.68. The minimum Gasteiger partial charge on any atom is -0.370 e. The maximum atomic E-state index is 8.74. The summed E-state index contributed by atoms with van der Waals surface area (Å²) in [6, 6.07) is 14.9. The molecule has 2 aromatic carbocycles. The van der Waals surface area contributed by atoms with E-state index in [1.807, 2.05) is 0 Å². The first-order valence-corrected chi connectivity index (χ1v) is 9.35. The Kier molecular flexibility index (Phi) is 8.46. The lowest BCUT2D eigenvalue weighted by Crippen LogP contribution is -2.24. The van der Waals surface area contributed by atoms with Crippen molar-refractivity contribution in [2.75, 3.05) is 27.2 Å². The average Bonchev–Trinajstić information content (AvgIpc) is 2.52. The molecule has 0 bridgehead atoms. The monoisotopic (exact) mass is 382 g/mol. The molecule has 1 unspecified atom stereocenters. The lowest BCUT2D eigenvalue weighted by atomic mass is 9.91. The molecule has 0 heterocycles. The van der Waals surface area contributed by atoms with E-state index in [4.69, 9.17) is 29.0 Å². The van der Waals surface area contributed by atoms with Gasteiger partial charge in [0.2, 0.25) is 0 Å². The van der Waals surface area contributed by atoms with Crippen LogP contribution in [0.5, 0.6) is 0 Å². The number of rotatable bonds is 6. The minimum absolute atomic E-state index is 0.157. The van der Waals surface area contributed by atoms with Crippen LogP contribution in [0.1, 0.15) is 17.9 Å². The second kappa shape index (κ2) is 10.1. The van der Waals surface area contributed by atoms with Crippen molar-refractivity contribution in [1.29, 1.82) is 0 Å². The number of guanidine groups is 1. The van der Waals surface area contributed by atoms with Crippen LogP contribution in [0.3, 0.4) is 0 Å². The first-order chi connectivity index (χ1) is 12.1. The van der Waals surface area contributed by atoms with Gasteiger partial charge in [-0.2, -0.15) is 8.42 Å². The molecule has 0 radical (unpaired) electrons. The molecule has 1 atom stereocenters. The van der Waals surface area contributed by atoms with Crippen molar-refractivity contribution in [2.24, 2.45) is 16.5 Å². The summed E-state index contributed by atoms with van der Waals surface area (Å²) in [6.07, 6.45) is 1.03. The Morgan fingerprint density at radius 1 is 1.12 bits per heavy atom. The summed E-state index contributed by atoms with van der Waals surface area (Å²) in [4.78, 5) is 6.43. The minimum atomic E-state index is -4.67.